The van der Waals surface area contributed by atoms with E-state index in [2.05, 4.69) is 158 Å². The number of hydrogen-bond donors (Lipinski definition) is 0. The number of rotatable bonds is 5. The van der Waals surface area contributed by atoms with E-state index in [1.165, 1.54) is 22.3 Å². The number of nitrogens with zero attached hydrogens (tertiary/aromatic N) is 4. The molecule has 0 saturated carbocycles. The van der Waals surface area contributed by atoms with E-state index in [9.17, 15) is 0 Å². The maximum Gasteiger partial charge on any atom is 0.164 e. The van der Waals surface area contributed by atoms with E-state index < -0.39 is 5.41 Å². The molecule has 0 radical (unpaired) electrons. The van der Waals surface area contributed by atoms with Crippen LogP contribution in [0.5, 0.6) is 11.5 Å². The Morgan fingerprint density at radius 3 is 1.39 bits per heavy atom. The second-order valence-corrected chi connectivity index (χ2v) is 16.5. The highest BCUT2D eigenvalue weighted by Gasteiger charge is 2.51. The Hall–Kier alpha value is -8.54. The molecule has 0 fully saturated rings. The monoisotopic (exact) mass is 816 g/mol. The zero-order chi connectivity index (χ0) is 42.2. The lowest BCUT2D eigenvalue weighted by Crippen LogP contribution is -2.32. The summed E-state index contributed by atoms with van der Waals surface area (Å²) in [6.45, 7) is 0. The first kappa shape index (κ1) is 36.1. The van der Waals surface area contributed by atoms with Crippen molar-refractivity contribution in [2.24, 2.45) is 0 Å². The minimum atomic E-state index is -0.550. The largest absolute Gasteiger partial charge is 0.456 e. The fraction of sp³-hybridized carbons (Fsp3) is 0.0169. The molecule has 1 spiro atoms. The minimum absolute atomic E-state index is 0.550. The van der Waals surface area contributed by atoms with Crippen LogP contribution in [-0.4, -0.2) is 19.9 Å². The summed E-state index contributed by atoms with van der Waals surface area (Å²) in [5.41, 5.74) is 14.7. The van der Waals surface area contributed by atoms with Gasteiger partial charge in [0.15, 0.2) is 17.5 Å². The van der Waals surface area contributed by atoms with Gasteiger partial charge in [0.25, 0.3) is 0 Å². The number of para-hydroxylation sites is 2. The SMILES string of the molecule is c1ccc(-c2nc(-c3ccccc3)nc(-c3ccc(-c4ccc(-c5nc6ccccc6c6c7c(ccc56)C5(c6ccccc6O7)c6ccccc6-c6ccccc65)cc4)cc3)n2)cc1. The number of aromatic nitrogens is 4. The van der Waals surface area contributed by atoms with E-state index in [-0.39, 0.29) is 0 Å². The second-order valence-electron chi connectivity index (χ2n) is 16.5. The standard InChI is InChI=1S/C59H36N4O/c1-3-15-40(16-4-1)56-61-57(41-17-5-2-6-18-41)63-58(62-56)42-33-29-38(30-34-42)37-27-31-39(32-28-37)54-46-35-36-50-55(53(46)45-21-9-13-25-51(45)60-54)64-52-26-14-12-24-49(52)59(50)47-22-10-7-19-43(47)44-20-8-11-23-48(44)59/h1-36H. The summed E-state index contributed by atoms with van der Waals surface area (Å²) in [4.78, 5) is 20.1. The van der Waals surface area contributed by atoms with Gasteiger partial charge in [-0.05, 0) is 45.5 Å². The van der Waals surface area contributed by atoms with Crippen LogP contribution in [0, 0.1) is 0 Å². The summed E-state index contributed by atoms with van der Waals surface area (Å²) >= 11 is 0. The minimum Gasteiger partial charge on any atom is -0.456 e. The van der Waals surface area contributed by atoms with Crippen molar-refractivity contribution in [3.63, 3.8) is 0 Å². The van der Waals surface area contributed by atoms with Gasteiger partial charge in [0.2, 0.25) is 0 Å². The van der Waals surface area contributed by atoms with Crippen molar-refractivity contribution in [2.45, 2.75) is 5.41 Å². The molecular weight excluding hydrogens is 781 g/mol. The topological polar surface area (TPSA) is 60.8 Å². The predicted octanol–water partition coefficient (Wildman–Crippen LogP) is 14.4. The molecule has 11 aromatic rings. The molecule has 298 valence electrons. The van der Waals surface area contributed by atoms with Gasteiger partial charge in [-0.2, -0.15) is 0 Å². The molecule has 2 aliphatic rings. The van der Waals surface area contributed by atoms with Crippen LogP contribution >= 0.6 is 0 Å². The smallest absolute Gasteiger partial charge is 0.164 e. The lowest BCUT2D eigenvalue weighted by atomic mass is 9.65. The average molecular weight is 817 g/mol. The molecule has 1 aliphatic heterocycles. The Labute approximate surface area is 370 Å². The van der Waals surface area contributed by atoms with Gasteiger partial charge in [-0.1, -0.05) is 206 Å². The number of hydrogen-bond acceptors (Lipinski definition) is 5. The summed E-state index contributed by atoms with van der Waals surface area (Å²) in [6, 6.07) is 76.6. The molecule has 0 saturated heterocycles. The van der Waals surface area contributed by atoms with Crippen molar-refractivity contribution in [1.82, 2.24) is 19.9 Å². The first-order valence-electron chi connectivity index (χ1n) is 21.6. The van der Waals surface area contributed by atoms with Crippen molar-refractivity contribution < 1.29 is 4.74 Å². The van der Waals surface area contributed by atoms with Gasteiger partial charge in [-0.15, -0.1) is 0 Å². The molecule has 13 rings (SSSR count). The summed E-state index contributed by atoms with van der Waals surface area (Å²) in [7, 11) is 0. The maximum absolute atomic E-state index is 7.14. The normalized spacial score (nSPS) is 12.9. The molecule has 2 aromatic heterocycles. The van der Waals surface area contributed by atoms with Gasteiger partial charge in [0.1, 0.15) is 11.5 Å². The van der Waals surface area contributed by atoms with Crippen molar-refractivity contribution in [2.75, 3.05) is 0 Å². The van der Waals surface area contributed by atoms with E-state index in [4.69, 9.17) is 24.7 Å². The lowest BCUT2D eigenvalue weighted by molar-refractivity contribution is 0.442. The van der Waals surface area contributed by atoms with E-state index in [0.29, 0.717) is 17.5 Å². The average Bonchev–Trinajstić information content (AvgIpc) is 3.67. The van der Waals surface area contributed by atoms with Crippen molar-refractivity contribution in [3.05, 3.63) is 241 Å². The molecule has 0 unspecified atom stereocenters. The Bertz CT molecular complexity index is 3520. The first-order valence-corrected chi connectivity index (χ1v) is 21.6. The fourth-order valence-electron chi connectivity index (χ4n) is 10.1. The maximum atomic E-state index is 7.14. The molecule has 0 atom stereocenters. The molecule has 5 heteroatoms. The van der Waals surface area contributed by atoms with Gasteiger partial charge < -0.3 is 4.74 Å². The number of ether oxygens (including phenoxy) is 1. The highest BCUT2D eigenvalue weighted by Crippen LogP contribution is 2.63. The number of fused-ring (bicyclic) bond motifs is 13. The van der Waals surface area contributed by atoms with Crippen LogP contribution in [0.3, 0.4) is 0 Å². The lowest BCUT2D eigenvalue weighted by Gasteiger charge is -2.40. The van der Waals surface area contributed by atoms with Crippen molar-refractivity contribution in [1.29, 1.82) is 0 Å². The van der Waals surface area contributed by atoms with E-state index in [0.717, 1.165) is 83.4 Å². The summed E-state index contributed by atoms with van der Waals surface area (Å²) in [6.07, 6.45) is 0. The van der Waals surface area contributed by atoms with Gasteiger partial charge >= 0.3 is 0 Å². The predicted molar refractivity (Wildman–Crippen MR) is 257 cm³/mol. The number of benzene rings is 9. The number of pyridine rings is 1. The van der Waals surface area contributed by atoms with E-state index >= 15 is 0 Å². The van der Waals surface area contributed by atoms with Crippen LogP contribution in [0.15, 0.2) is 218 Å². The summed E-state index contributed by atoms with van der Waals surface area (Å²) in [5.74, 6) is 3.67. The third-order valence-corrected chi connectivity index (χ3v) is 13.0. The molecule has 9 aromatic carbocycles. The highest BCUT2D eigenvalue weighted by molar-refractivity contribution is 6.15. The molecule has 64 heavy (non-hydrogen) atoms. The zero-order valence-electron chi connectivity index (χ0n) is 34.5. The van der Waals surface area contributed by atoms with Crippen molar-refractivity contribution >= 4 is 21.7 Å². The van der Waals surface area contributed by atoms with Gasteiger partial charge in [-0.3, -0.25) is 0 Å². The quantitative estimate of drug-likeness (QED) is 0.162. The zero-order valence-corrected chi connectivity index (χ0v) is 34.5. The molecule has 1 aliphatic carbocycles. The molecule has 5 nitrogen and oxygen atoms in total. The summed E-state index contributed by atoms with van der Waals surface area (Å²) in [5, 5.41) is 3.18. The molecule has 0 bridgehead atoms. The van der Waals surface area contributed by atoms with Crippen LogP contribution in [0.2, 0.25) is 0 Å². The Morgan fingerprint density at radius 1 is 0.312 bits per heavy atom. The molecule has 0 amide bonds. The van der Waals surface area contributed by atoms with Crippen LogP contribution in [0.4, 0.5) is 0 Å². The Kier molecular flexibility index (Phi) is 8.06. The Morgan fingerprint density at radius 2 is 0.781 bits per heavy atom. The third-order valence-electron chi connectivity index (χ3n) is 13.0. The Balaban J connectivity index is 0.918. The molecular formula is C59H36N4O. The van der Waals surface area contributed by atoms with Gasteiger partial charge in [0, 0.05) is 49.5 Å². The fourth-order valence-corrected chi connectivity index (χ4v) is 10.1. The van der Waals surface area contributed by atoms with Crippen LogP contribution in [0.25, 0.3) is 89.4 Å². The van der Waals surface area contributed by atoms with Crippen LogP contribution in [0.1, 0.15) is 22.3 Å². The van der Waals surface area contributed by atoms with Gasteiger partial charge in [0.05, 0.1) is 16.6 Å². The van der Waals surface area contributed by atoms with Crippen molar-refractivity contribution in [3.8, 4) is 79.2 Å². The third kappa shape index (κ3) is 5.44. The second kappa shape index (κ2) is 14.3. The van der Waals surface area contributed by atoms with Gasteiger partial charge in [-0.25, -0.2) is 19.9 Å². The van der Waals surface area contributed by atoms with E-state index in [1.54, 1.807) is 0 Å². The molecule has 0 N–H and O–H groups in total. The first-order chi connectivity index (χ1) is 31.7. The molecule has 3 heterocycles. The van der Waals surface area contributed by atoms with Crippen LogP contribution in [-0.2, 0) is 5.41 Å². The summed E-state index contributed by atoms with van der Waals surface area (Å²) < 4.78 is 7.14. The van der Waals surface area contributed by atoms with E-state index in [1.807, 2.05) is 60.7 Å². The highest BCUT2D eigenvalue weighted by atomic mass is 16.5. The van der Waals surface area contributed by atoms with Crippen LogP contribution < -0.4 is 4.74 Å².